The van der Waals surface area contributed by atoms with E-state index in [-0.39, 0.29) is 18.9 Å². The number of hydrogen-bond donors (Lipinski definition) is 3. The maximum absolute atomic E-state index is 12.4. The standard InChI is InChI=1S/C20H18N4O5/c1-20(17(26)22-18(27)23-20)12-5-4-6-13(11-12)21-16(25)9-10-24-14-7-2-3-8-15(14)29-19(24)28/h2-8,11H,9-10H2,1H3,(H,21,25)(H2,22,23,26,27). The lowest BCUT2D eigenvalue weighted by molar-refractivity contribution is -0.123. The van der Waals surface area contributed by atoms with Crippen LogP contribution in [0.25, 0.3) is 11.1 Å². The lowest BCUT2D eigenvalue weighted by atomic mass is 9.92. The molecule has 4 amide bonds. The molecule has 0 bridgehead atoms. The van der Waals surface area contributed by atoms with Crippen LogP contribution in [0.2, 0.25) is 0 Å². The van der Waals surface area contributed by atoms with Gasteiger partial charge in [-0.3, -0.25) is 19.5 Å². The van der Waals surface area contributed by atoms with E-state index in [0.29, 0.717) is 22.4 Å². The highest BCUT2D eigenvalue weighted by molar-refractivity contribution is 6.07. The molecule has 2 heterocycles. The first-order chi connectivity index (χ1) is 13.9. The fourth-order valence-electron chi connectivity index (χ4n) is 3.32. The number of urea groups is 1. The van der Waals surface area contributed by atoms with Crippen LogP contribution in [0, 0.1) is 0 Å². The molecule has 4 rings (SSSR count). The van der Waals surface area contributed by atoms with Gasteiger partial charge in [0.05, 0.1) is 5.52 Å². The van der Waals surface area contributed by atoms with E-state index in [1.165, 1.54) is 4.57 Å². The summed E-state index contributed by atoms with van der Waals surface area (Å²) in [4.78, 5) is 47.9. The molecule has 3 aromatic rings. The Hall–Kier alpha value is -3.88. The first-order valence-corrected chi connectivity index (χ1v) is 8.99. The van der Waals surface area contributed by atoms with Gasteiger partial charge in [-0.15, -0.1) is 0 Å². The summed E-state index contributed by atoms with van der Waals surface area (Å²) >= 11 is 0. The number of anilines is 1. The summed E-state index contributed by atoms with van der Waals surface area (Å²) in [5, 5.41) is 7.54. The van der Waals surface area contributed by atoms with Gasteiger partial charge in [0.1, 0.15) is 5.54 Å². The number of fused-ring (bicyclic) bond motifs is 1. The maximum Gasteiger partial charge on any atom is 0.419 e. The molecule has 9 heteroatoms. The third-order valence-electron chi connectivity index (χ3n) is 4.90. The molecule has 1 atom stereocenters. The van der Waals surface area contributed by atoms with E-state index >= 15 is 0 Å². The van der Waals surface area contributed by atoms with E-state index in [9.17, 15) is 19.2 Å². The molecule has 1 unspecified atom stereocenters. The SMILES string of the molecule is CC1(c2cccc(NC(=O)CCn3c(=O)oc4ccccc43)c2)NC(=O)NC1=O. The van der Waals surface area contributed by atoms with Crippen molar-refractivity contribution < 1.29 is 18.8 Å². The van der Waals surface area contributed by atoms with Gasteiger partial charge in [-0.05, 0) is 36.8 Å². The molecule has 2 aromatic carbocycles. The van der Waals surface area contributed by atoms with Crippen molar-refractivity contribution in [1.82, 2.24) is 15.2 Å². The van der Waals surface area contributed by atoms with Crippen LogP contribution < -0.4 is 21.7 Å². The van der Waals surface area contributed by atoms with Crippen molar-refractivity contribution in [2.45, 2.75) is 25.4 Å². The number of carbonyl (C=O) groups is 3. The normalized spacial score (nSPS) is 18.5. The van der Waals surface area contributed by atoms with E-state index in [1.54, 1.807) is 55.5 Å². The number of aromatic nitrogens is 1. The second-order valence-electron chi connectivity index (χ2n) is 6.90. The Kier molecular flexibility index (Phi) is 4.42. The van der Waals surface area contributed by atoms with E-state index in [1.807, 2.05) is 0 Å². The Labute approximate surface area is 164 Å². The van der Waals surface area contributed by atoms with Gasteiger partial charge in [0, 0.05) is 18.7 Å². The van der Waals surface area contributed by atoms with E-state index in [2.05, 4.69) is 16.0 Å². The number of nitrogens with one attached hydrogen (secondary N) is 3. The molecule has 148 valence electrons. The minimum atomic E-state index is -1.21. The van der Waals surface area contributed by atoms with Crippen LogP contribution in [0.5, 0.6) is 0 Å². The Morgan fingerprint density at radius 3 is 2.69 bits per heavy atom. The van der Waals surface area contributed by atoms with Gasteiger partial charge in [0.15, 0.2) is 5.58 Å². The average Bonchev–Trinajstić information content (AvgIpc) is 3.15. The number of nitrogens with zero attached hydrogens (tertiary/aromatic N) is 1. The molecule has 29 heavy (non-hydrogen) atoms. The van der Waals surface area contributed by atoms with Crippen LogP contribution >= 0.6 is 0 Å². The third-order valence-corrected chi connectivity index (χ3v) is 4.90. The zero-order valence-corrected chi connectivity index (χ0v) is 15.5. The Bertz CT molecular complexity index is 1190. The van der Waals surface area contributed by atoms with Crippen molar-refractivity contribution in [2.75, 3.05) is 5.32 Å². The molecule has 0 aliphatic carbocycles. The lowest BCUT2D eigenvalue weighted by Gasteiger charge is -2.21. The number of aryl methyl sites for hydroxylation is 1. The summed E-state index contributed by atoms with van der Waals surface area (Å²) in [6.45, 7) is 1.75. The van der Waals surface area contributed by atoms with Crippen molar-refractivity contribution in [2.24, 2.45) is 0 Å². The number of hydrogen-bond acceptors (Lipinski definition) is 5. The van der Waals surface area contributed by atoms with Crippen molar-refractivity contribution in [3.05, 3.63) is 64.6 Å². The first kappa shape index (κ1) is 18.5. The number of para-hydroxylation sites is 2. The molecular weight excluding hydrogens is 376 g/mol. The van der Waals surface area contributed by atoms with Crippen molar-refractivity contribution in [1.29, 1.82) is 0 Å². The largest absolute Gasteiger partial charge is 0.419 e. The van der Waals surface area contributed by atoms with Crippen LogP contribution in [-0.4, -0.2) is 22.4 Å². The van der Waals surface area contributed by atoms with E-state index in [0.717, 1.165) is 0 Å². The summed E-state index contributed by atoms with van der Waals surface area (Å²) < 4.78 is 6.56. The Balaban J connectivity index is 1.46. The van der Waals surface area contributed by atoms with Gasteiger partial charge in [-0.1, -0.05) is 24.3 Å². The quantitative estimate of drug-likeness (QED) is 0.568. The molecule has 0 radical (unpaired) electrons. The summed E-state index contributed by atoms with van der Waals surface area (Å²) in [6, 6.07) is 13.1. The monoisotopic (exact) mass is 394 g/mol. The zero-order valence-electron chi connectivity index (χ0n) is 15.5. The lowest BCUT2D eigenvalue weighted by Crippen LogP contribution is -2.40. The predicted octanol–water partition coefficient (Wildman–Crippen LogP) is 1.68. The number of carbonyl (C=O) groups excluding carboxylic acids is 3. The van der Waals surface area contributed by atoms with Crippen molar-refractivity contribution >= 4 is 34.6 Å². The molecule has 0 saturated carbocycles. The second-order valence-corrected chi connectivity index (χ2v) is 6.90. The third kappa shape index (κ3) is 3.38. The van der Waals surface area contributed by atoms with Gasteiger partial charge in [0.2, 0.25) is 5.91 Å². The molecule has 1 fully saturated rings. The molecule has 9 nitrogen and oxygen atoms in total. The smallest absolute Gasteiger partial charge is 0.408 e. The van der Waals surface area contributed by atoms with Crippen LogP contribution in [0.4, 0.5) is 10.5 Å². The summed E-state index contributed by atoms with van der Waals surface area (Å²) in [6.07, 6.45) is 0.0577. The topological polar surface area (TPSA) is 122 Å². The second kappa shape index (κ2) is 6.93. The summed E-state index contributed by atoms with van der Waals surface area (Å²) in [5.74, 6) is -1.28. The molecule has 1 aliphatic rings. The summed E-state index contributed by atoms with van der Waals surface area (Å²) in [5.41, 5.74) is 0.905. The number of oxazole rings is 1. The minimum absolute atomic E-state index is 0.0577. The van der Waals surface area contributed by atoms with E-state index < -0.39 is 23.2 Å². The Morgan fingerprint density at radius 2 is 1.93 bits per heavy atom. The molecule has 3 N–H and O–H groups in total. The molecule has 1 aromatic heterocycles. The van der Waals surface area contributed by atoms with Gasteiger partial charge in [-0.25, -0.2) is 9.59 Å². The molecular formula is C20H18N4O5. The fraction of sp³-hybridized carbons (Fsp3) is 0.200. The highest BCUT2D eigenvalue weighted by atomic mass is 16.4. The number of imide groups is 1. The van der Waals surface area contributed by atoms with Gasteiger partial charge < -0.3 is 15.1 Å². The highest BCUT2D eigenvalue weighted by Crippen LogP contribution is 2.26. The average molecular weight is 394 g/mol. The van der Waals surface area contributed by atoms with Crippen LogP contribution in [-0.2, 0) is 21.7 Å². The van der Waals surface area contributed by atoms with Crippen molar-refractivity contribution in [3.63, 3.8) is 0 Å². The highest BCUT2D eigenvalue weighted by Gasteiger charge is 2.43. The zero-order chi connectivity index (χ0) is 20.6. The first-order valence-electron chi connectivity index (χ1n) is 8.99. The van der Waals surface area contributed by atoms with Gasteiger partial charge >= 0.3 is 11.8 Å². The fourth-order valence-corrected chi connectivity index (χ4v) is 3.32. The van der Waals surface area contributed by atoms with Gasteiger partial charge in [-0.2, -0.15) is 0 Å². The predicted molar refractivity (Wildman–Crippen MR) is 104 cm³/mol. The van der Waals surface area contributed by atoms with Crippen LogP contribution in [0.15, 0.2) is 57.7 Å². The Morgan fingerprint density at radius 1 is 1.14 bits per heavy atom. The molecule has 0 spiro atoms. The van der Waals surface area contributed by atoms with Crippen LogP contribution in [0.3, 0.4) is 0 Å². The molecule has 1 aliphatic heterocycles. The number of benzene rings is 2. The van der Waals surface area contributed by atoms with Gasteiger partial charge in [0.25, 0.3) is 5.91 Å². The van der Waals surface area contributed by atoms with E-state index in [4.69, 9.17) is 4.42 Å². The maximum atomic E-state index is 12.4. The number of amides is 4. The summed E-state index contributed by atoms with van der Waals surface area (Å²) in [7, 11) is 0. The number of rotatable bonds is 5. The van der Waals surface area contributed by atoms with Crippen molar-refractivity contribution in [3.8, 4) is 0 Å². The minimum Gasteiger partial charge on any atom is -0.408 e. The molecule has 1 saturated heterocycles. The van der Waals surface area contributed by atoms with Crippen LogP contribution in [0.1, 0.15) is 18.9 Å².